The van der Waals surface area contributed by atoms with Crippen molar-refractivity contribution in [1.29, 1.82) is 5.26 Å². The molecule has 0 atom stereocenters. The lowest BCUT2D eigenvalue weighted by Crippen LogP contribution is -2.42. The summed E-state index contributed by atoms with van der Waals surface area (Å²) in [5.74, 6) is 0.915. The van der Waals surface area contributed by atoms with Crippen LogP contribution in [0.5, 0.6) is 5.75 Å². The molecule has 204 valence electrons. The topological polar surface area (TPSA) is 112 Å². The minimum Gasteiger partial charge on any atom is -0.489 e. The molecular formula is C30H36N6O3. The fourth-order valence-electron chi connectivity index (χ4n) is 4.83. The van der Waals surface area contributed by atoms with Crippen molar-refractivity contribution in [1.82, 2.24) is 20.2 Å². The average Bonchev–Trinajstić information content (AvgIpc) is 2.96. The number of anilines is 1. The third kappa shape index (κ3) is 7.11. The van der Waals surface area contributed by atoms with E-state index in [9.17, 15) is 10.1 Å². The molecule has 9 heteroatoms. The fraction of sp³-hybridized carbons (Fsp3) is 0.400. The number of methoxy groups -OCH3 is 1. The van der Waals surface area contributed by atoms with Crippen LogP contribution >= 0.6 is 0 Å². The third-order valence-corrected chi connectivity index (χ3v) is 7.07. The molecule has 1 amide bonds. The second-order valence-electron chi connectivity index (χ2n) is 9.99. The Labute approximate surface area is 229 Å². The van der Waals surface area contributed by atoms with Gasteiger partial charge in [-0.25, -0.2) is 9.97 Å². The predicted octanol–water partition coefficient (Wildman–Crippen LogP) is 4.42. The number of benzene rings is 2. The molecule has 0 unspecified atom stereocenters. The number of nitrogens with zero attached hydrogens (tertiary/aromatic N) is 4. The van der Waals surface area contributed by atoms with E-state index < -0.39 is 0 Å². The fourth-order valence-corrected chi connectivity index (χ4v) is 4.83. The number of carbonyl (C=O) groups excluding carboxylic acids is 1. The summed E-state index contributed by atoms with van der Waals surface area (Å²) in [7, 11) is 5.84. The smallest absolute Gasteiger partial charge is 0.270 e. The largest absolute Gasteiger partial charge is 0.489 e. The Morgan fingerprint density at radius 2 is 1.92 bits per heavy atom. The summed E-state index contributed by atoms with van der Waals surface area (Å²) in [5, 5.41) is 17.5. The lowest BCUT2D eigenvalue weighted by Gasteiger charge is -2.32. The minimum atomic E-state index is -0.182. The molecule has 1 aromatic heterocycles. The zero-order valence-corrected chi connectivity index (χ0v) is 22.9. The van der Waals surface area contributed by atoms with E-state index in [4.69, 9.17) is 9.47 Å². The van der Waals surface area contributed by atoms with Crippen molar-refractivity contribution in [2.75, 3.05) is 46.3 Å². The monoisotopic (exact) mass is 528 g/mol. The molecular weight excluding hydrogens is 492 g/mol. The van der Waals surface area contributed by atoms with Crippen molar-refractivity contribution in [3.8, 4) is 23.2 Å². The number of ether oxygens (including phenoxy) is 2. The zero-order valence-electron chi connectivity index (χ0n) is 22.9. The van der Waals surface area contributed by atoms with Crippen LogP contribution in [0.15, 0.2) is 54.7 Å². The van der Waals surface area contributed by atoms with E-state index in [-0.39, 0.29) is 18.5 Å². The highest BCUT2D eigenvalue weighted by molar-refractivity contribution is 5.99. The Bertz CT molecular complexity index is 1360. The molecule has 0 radical (unpaired) electrons. The highest BCUT2D eigenvalue weighted by Crippen LogP contribution is 2.35. The van der Waals surface area contributed by atoms with E-state index in [1.807, 2.05) is 30.3 Å². The van der Waals surface area contributed by atoms with E-state index in [0.29, 0.717) is 42.1 Å². The molecule has 3 aromatic rings. The van der Waals surface area contributed by atoms with Gasteiger partial charge in [0.05, 0.1) is 18.4 Å². The highest BCUT2D eigenvalue weighted by atomic mass is 16.5. The Kier molecular flexibility index (Phi) is 9.47. The lowest BCUT2D eigenvalue weighted by atomic mass is 9.90. The molecule has 1 saturated carbocycles. The molecule has 1 heterocycles. The van der Waals surface area contributed by atoms with Gasteiger partial charge in [0, 0.05) is 48.5 Å². The highest BCUT2D eigenvalue weighted by Gasteiger charge is 2.24. The van der Waals surface area contributed by atoms with E-state index >= 15 is 0 Å². The Hall–Kier alpha value is -4.00. The Morgan fingerprint density at radius 1 is 1.15 bits per heavy atom. The zero-order chi connectivity index (χ0) is 27.8. The van der Waals surface area contributed by atoms with Gasteiger partial charge in [-0.3, -0.25) is 4.79 Å². The maximum atomic E-state index is 13.0. The molecule has 1 fully saturated rings. The average molecular weight is 529 g/mol. The SMILES string of the molecule is C=C(C#N)CNc1c(OCCOC)ccc2ccc(-c3nccc(C(=O)NC4CCC(N(C)C)CC4)n3)cc12. The second kappa shape index (κ2) is 13.2. The lowest BCUT2D eigenvalue weighted by molar-refractivity contribution is 0.0911. The van der Waals surface area contributed by atoms with Gasteiger partial charge in [0.1, 0.15) is 18.1 Å². The number of nitrogens with one attached hydrogen (secondary N) is 2. The summed E-state index contributed by atoms with van der Waals surface area (Å²) in [4.78, 5) is 24.4. The summed E-state index contributed by atoms with van der Waals surface area (Å²) in [6.07, 6.45) is 5.67. The van der Waals surface area contributed by atoms with Gasteiger partial charge in [-0.05, 0) is 63.4 Å². The van der Waals surface area contributed by atoms with E-state index in [1.165, 1.54) is 0 Å². The number of carbonyl (C=O) groups is 1. The summed E-state index contributed by atoms with van der Waals surface area (Å²) in [6, 6.07) is 14.2. The predicted molar refractivity (Wildman–Crippen MR) is 153 cm³/mol. The quantitative estimate of drug-likeness (QED) is 0.278. The first-order chi connectivity index (χ1) is 18.9. The van der Waals surface area contributed by atoms with Gasteiger partial charge in [0.2, 0.25) is 0 Å². The second-order valence-corrected chi connectivity index (χ2v) is 9.99. The molecule has 4 rings (SSSR count). The van der Waals surface area contributed by atoms with E-state index in [2.05, 4.69) is 52.2 Å². The number of amides is 1. The van der Waals surface area contributed by atoms with Crippen LogP contribution in [0.3, 0.4) is 0 Å². The summed E-state index contributed by atoms with van der Waals surface area (Å²) < 4.78 is 11.1. The Balaban J connectivity index is 1.58. The molecule has 0 bridgehead atoms. The van der Waals surface area contributed by atoms with Crippen molar-refractivity contribution < 1.29 is 14.3 Å². The van der Waals surface area contributed by atoms with Crippen LogP contribution in [0, 0.1) is 11.3 Å². The number of rotatable bonds is 11. The van der Waals surface area contributed by atoms with Crippen LogP contribution in [-0.4, -0.2) is 73.8 Å². The number of hydrogen-bond acceptors (Lipinski definition) is 8. The maximum Gasteiger partial charge on any atom is 0.270 e. The number of fused-ring (bicyclic) bond motifs is 1. The van der Waals surface area contributed by atoms with E-state index in [0.717, 1.165) is 47.7 Å². The molecule has 39 heavy (non-hydrogen) atoms. The van der Waals surface area contributed by atoms with Crippen LogP contribution < -0.4 is 15.4 Å². The first kappa shape index (κ1) is 28.0. The number of nitriles is 1. The normalized spacial score (nSPS) is 17.0. The van der Waals surface area contributed by atoms with Crippen molar-refractivity contribution in [3.05, 3.63) is 60.4 Å². The summed E-state index contributed by atoms with van der Waals surface area (Å²) >= 11 is 0. The first-order valence-corrected chi connectivity index (χ1v) is 13.2. The van der Waals surface area contributed by atoms with Gasteiger partial charge < -0.3 is 25.0 Å². The minimum absolute atomic E-state index is 0.154. The van der Waals surface area contributed by atoms with Gasteiger partial charge >= 0.3 is 0 Å². The number of aromatic nitrogens is 2. The molecule has 0 aliphatic heterocycles. The molecule has 0 saturated heterocycles. The maximum absolute atomic E-state index is 13.0. The molecule has 9 nitrogen and oxygen atoms in total. The van der Waals surface area contributed by atoms with Gasteiger partial charge in [-0.2, -0.15) is 5.26 Å². The molecule has 0 spiro atoms. The van der Waals surface area contributed by atoms with Gasteiger partial charge in [0.25, 0.3) is 5.91 Å². The van der Waals surface area contributed by atoms with Crippen molar-refractivity contribution in [2.45, 2.75) is 37.8 Å². The van der Waals surface area contributed by atoms with Crippen molar-refractivity contribution in [2.24, 2.45) is 0 Å². The van der Waals surface area contributed by atoms with Crippen LogP contribution in [-0.2, 0) is 4.74 Å². The molecule has 1 aliphatic carbocycles. The summed E-state index contributed by atoms with van der Waals surface area (Å²) in [5.41, 5.74) is 2.25. The third-order valence-electron chi connectivity index (χ3n) is 7.07. The number of hydrogen-bond donors (Lipinski definition) is 2. The van der Waals surface area contributed by atoms with Crippen LogP contribution in [0.1, 0.15) is 36.2 Å². The Morgan fingerprint density at radius 3 is 2.64 bits per heavy atom. The van der Waals surface area contributed by atoms with E-state index in [1.54, 1.807) is 19.4 Å². The first-order valence-electron chi connectivity index (χ1n) is 13.2. The molecule has 1 aliphatic rings. The van der Waals surface area contributed by atoms with Crippen LogP contribution in [0.4, 0.5) is 5.69 Å². The van der Waals surface area contributed by atoms with Gasteiger partial charge in [-0.15, -0.1) is 0 Å². The molecule has 2 N–H and O–H groups in total. The van der Waals surface area contributed by atoms with Crippen LogP contribution in [0.2, 0.25) is 0 Å². The van der Waals surface area contributed by atoms with Gasteiger partial charge in [-0.1, -0.05) is 24.8 Å². The van der Waals surface area contributed by atoms with Crippen LogP contribution in [0.25, 0.3) is 22.2 Å². The summed E-state index contributed by atoms with van der Waals surface area (Å²) in [6.45, 7) is 4.88. The molecule has 2 aromatic carbocycles. The van der Waals surface area contributed by atoms with Gasteiger partial charge in [0.15, 0.2) is 5.82 Å². The van der Waals surface area contributed by atoms with Crippen molar-refractivity contribution in [3.63, 3.8) is 0 Å². The standard InChI is InChI=1S/C30H36N6O3/c1-20(18-31)19-33-28-25-17-22(6-5-21(25)7-12-27(28)39-16-15-38-4)29-32-14-13-26(35-29)30(37)34-23-8-10-24(11-9-23)36(2)3/h5-7,12-14,17,23-24,33H,1,8-11,15-16,19H2,2-4H3,(H,34,37). The van der Waals surface area contributed by atoms with Crippen molar-refractivity contribution >= 4 is 22.4 Å².